The minimum Gasteiger partial charge on any atom is -0.368 e. The molecule has 0 saturated carbocycles. The van der Waals surface area contributed by atoms with Crippen molar-refractivity contribution in [2.75, 3.05) is 44.2 Å². The van der Waals surface area contributed by atoms with Crippen LogP contribution in [0.15, 0.2) is 42.5 Å². The summed E-state index contributed by atoms with van der Waals surface area (Å²) >= 11 is 6.05. The van der Waals surface area contributed by atoms with Crippen LogP contribution in [0.3, 0.4) is 0 Å². The Balaban J connectivity index is 1.36. The van der Waals surface area contributed by atoms with Crippen LogP contribution in [0.25, 0.3) is 0 Å². The molecule has 2 heterocycles. The van der Waals surface area contributed by atoms with E-state index in [0.717, 1.165) is 39.0 Å². The normalized spacial score (nSPS) is 19.5. The Morgan fingerprint density at radius 2 is 1.68 bits per heavy atom. The number of piperidine rings is 1. The molecule has 2 aliphatic heterocycles. The fourth-order valence-corrected chi connectivity index (χ4v) is 4.86. The van der Waals surface area contributed by atoms with Gasteiger partial charge in [0.2, 0.25) is 5.91 Å². The van der Waals surface area contributed by atoms with Crippen molar-refractivity contribution in [3.63, 3.8) is 0 Å². The fourth-order valence-electron chi connectivity index (χ4n) is 4.67. The predicted octanol–water partition coefficient (Wildman–Crippen LogP) is 4.16. The van der Waals surface area contributed by atoms with Gasteiger partial charge in [-0.05, 0) is 62.1 Å². The number of piperazine rings is 1. The van der Waals surface area contributed by atoms with Crippen LogP contribution in [0.2, 0.25) is 5.02 Å². The van der Waals surface area contributed by atoms with Crippen LogP contribution < -0.4 is 4.90 Å². The second kappa shape index (κ2) is 9.31. The zero-order valence-corrected chi connectivity index (χ0v) is 19.1. The lowest BCUT2D eigenvalue weighted by Gasteiger charge is -2.40. The highest BCUT2D eigenvalue weighted by molar-refractivity contribution is 6.30. The number of hydrogen-bond donors (Lipinski definition) is 0. The standard InChI is InChI=1S/C25H30ClN3O2/c1-18-6-3-10-23(19(18)2)27-12-14-28(15-13-27)25(31)21-8-5-11-29(17-21)24(30)20-7-4-9-22(26)16-20/h3-4,6-7,9-10,16,21H,5,8,11-15,17H2,1-2H3. The average Bonchev–Trinajstić information content (AvgIpc) is 2.80. The molecule has 6 heteroatoms. The predicted molar refractivity (Wildman–Crippen MR) is 125 cm³/mol. The lowest BCUT2D eigenvalue weighted by Crippen LogP contribution is -2.53. The van der Waals surface area contributed by atoms with E-state index in [0.29, 0.717) is 23.7 Å². The van der Waals surface area contributed by atoms with E-state index in [2.05, 4.69) is 36.9 Å². The van der Waals surface area contributed by atoms with Gasteiger partial charge in [-0.3, -0.25) is 9.59 Å². The van der Waals surface area contributed by atoms with Gasteiger partial charge < -0.3 is 14.7 Å². The molecule has 2 aromatic carbocycles. The molecule has 0 bridgehead atoms. The third-order valence-corrected chi connectivity index (χ3v) is 6.87. The number of aryl methyl sites for hydroxylation is 1. The van der Waals surface area contributed by atoms with Gasteiger partial charge in [0.05, 0.1) is 5.92 Å². The number of hydrogen-bond acceptors (Lipinski definition) is 3. The molecule has 0 radical (unpaired) electrons. The van der Waals surface area contributed by atoms with E-state index in [-0.39, 0.29) is 17.7 Å². The molecular weight excluding hydrogens is 410 g/mol. The van der Waals surface area contributed by atoms with Gasteiger partial charge in [0.15, 0.2) is 0 Å². The van der Waals surface area contributed by atoms with Crippen molar-refractivity contribution in [1.82, 2.24) is 9.80 Å². The number of carbonyl (C=O) groups is 2. The second-order valence-electron chi connectivity index (χ2n) is 8.63. The minimum atomic E-state index is -0.121. The second-order valence-corrected chi connectivity index (χ2v) is 9.07. The molecule has 2 aliphatic rings. The highest BCUT2D eigenvalue weighted by Gasteiger charge is 2.33. The summed E-state index contributed by atoms with van der Waals surface area (Å²) in [4.78, 5) is 32.3. The monoisotopic (exact) mass is 439 g/mol. The Kier molecular flexibility index (Phi) is 6.51. The summed E-state index contributed by atoms with van der Waals surface area (Å²) in [7, 11) is 0. The molecule has 0 spiro atoms. The van der Waals surface area contributed by atoms with E-state index in [1.54, 1.807) is 24.3 Å². The Hall–Kier alpha value is -2.53. The maximum atomic E-state index is 13.2. The highest BCUT2D eigenvalue weighted by atomic mass is 35.5. The van der Waals surface area contributed by atoms with Crippen LogP contribution in [0.1, 0.15) is 34.3 Å². The SMILES string of the molecule is Cc1cccc(N2CCN(C(=O)C3CCCN(C(=O)c4cccc(Cl)c4)C3)CC2)c1C. The molecule has 164 valence electrons. The fraction of sp³-hybridized carbons (Fsp3) is 0.440. The number of rotatable bonds is 3. The van der Waals surface area contributed by atoms with E-state index in [1.165, 1.54) is 16.8 Å². The number of nitrogens with zero attached hydrogens (tertiary/aromatic N) is 3. The molecular formula is C25H30ClN3O2. The summed E-state index contributed by atoms with van der Waals surface area (Å²) in [6, 6.07) is 13.4. The largest absolute Gasteiger partial charge is 0.368 e. The summed E-state index contributed by atoms with van der Waals surface area (Å²) in [6.07, 6.45) is 1.69. The van der Waals surface area contributed by atoms with E-state index in [4.69, 9.17) is 11.6 Å². The smallest absolute Gasteiger partial charge is 0.253 e. The number of anilines is 1. The molecule has 1 atom stereocenters. The van der Waals surface area contributed by atoms with E-state index in [9.17, 15) is 9.59 Å². The third kappa shape index (κ3) is 4.72. The van der Waals surface area contributed by atoms with Crippen LogP contribution >= 0.6 is 11.6 Å². The zero-order chi connectivity index (χ0) is 22.0. The average molecular weight is 440 g/mol. The summed E-state index contributed by atoms with van der Waals surface area (Å²) in [6.45, 7) is 8.61. The van der Waals surface area contributed by atoms with Crippen LogP contribution in [0, 0.1) is 19.8 Å². The molecule has 1 unspecified atom stereocenters. The van der Waals surface area contributed by atoms with Gasteiger partial charge in [-0.25, -0.2) is 0 Å². The van der Waals surface area contributed by atoms with E-state index in [1.807, 2.05) is 9.80 Å². The van der Waals surface area contributed by atoms with Crippen LogP contribution in [-0.2, 0) is 4.79 Å². The maximum absolute atomic E-state index is 13.2. The summed E-state index contributed by atoms with van der Waals surface area (Å²) in [5.41, 5.74) is 4.46. The topological polar surface area (TPSA) is 43.9 Å². The van der Waals surface area contributed by atoms with Crippen molar-refractivity contribution in [3.05, 3.63) is 64.2 Å². The first-order chi connectivity index (χ1) is 14.9. The van der Waals surface area contributed by atoms with Crippen molar-refractivity contribution in [2.45, 2.75) is 26.7 Å². The van der Waals surface area contributed by atoms with E-state index < -0.39 is 0 Å². The number of halogens is 1. The summed E-state index contributed by atoms with van der Waals surface area (Å²) in [5, 5.41) is 0.553. The minimum absolute atomic E-state index is 0.0419. The molecule has 0 aromatic heterocycles. The van der Waals surface area contributed by atoms with Crippen molar-refractivity contribution < 1.29 is 9.59 Å². The molecule has 31 heavy (non-hydrogen) atoms. The van der Waals surface area contributed by atoms with Gasteiger partial charge in [-0.15, -0.1) is 0 Å². The number of likely N-dealkylation sites (tertiary alicyclic amines) is 1. The van der Waals surface area contributed by atoms with Gasteiger partial charge in [0.25, 0.3) is 5.91 Å². The molecule has 4 rings (SSSR count). The lowest BCUT2D eigenvalue weighted by molar-refractivity contribution is -0.137. The first-order valence-electron chi connectivity index (χ1n) is 11.1. The molecule has 0 aliphatic carbocycles. The maximum Gasteiger partial charge on any atom is 0.253 e. The Bertz CT molecular complexity index is 969. The number of carbonyl (C=O) groups excluding carboxylic acids is 2. The van der Waals surface area contributed by atoms with Crippen molar-refractivity contribution in [1.29, 1.82) is 0 Å². The molecule has 0 N–H and O–H groups in total. The Labute approximate surface area is 189 Å². The molecule has 2 aromatic rings. The van der Waals surface area contributed by atoms with Crippen LogP contribution in [-0.4, -0.2) is 60.9 Å². The van der Waals surface area contributed by atoms with Crippen molar-refractivity contribution in [2.24, 2.45) is 5.92 Å². The van der Waals surface area contributed by atoms with E-state index >= 15 is 0 Å². The summed E-state index contributed by atoms with van der Waals surface area (Å²) < 4.78 is 0. The number of benzene rings is 2. The van der Waals surface area contributed by atoms with Gasteiger partial charge in [-0.2, -0.15) is 0 Å². The summed E-state index contributed by atoms with van der Waals surface area (Å²) in [5.74, 6) is 0.0214. The van der Waals surface area contributed by atoms with Gasteiger partial charge in [0, 0.05) is 55.5 Å². The Morgan fingerprint density at radius 1 is 0.935 bits per heavy atom. The first kappa shape index (κ1) is 21.7. The molecule has 2 amide bonds. The zero-order valence-electron chi connectivity index (χ0n) is 18.3. The molecule has 5 nitrogen and oxygen atoms in total. The van der Waals surface area contributed by atoms with Crippen molar-refractivity contribution >= 4 is 29.1 Å². The molecule has 2 saturated heterocycles. The van der Waals surface area contributed by atoms with Crippen molar-refractivity contribution in [3.8, 4) is 0 Å². The first-order valence-corrected chi connectivity index (χ1v) is 11.5. The molecule has 2 fully saturated rings. The highest BCUT2D eigenvalue weighted by Crippen LogP contribution is 2.26. The van der Waals surface area contributed by atoms with Gasteiger partial charge >= 0.3 is 0 Å². The van der Waals surface area contributed by atoms with Gasteiger partial charge in [0.1, 0.15) is 0 Å². The van der Waals surface area contributed by atoms with Gasteiger partial charge in [-0.1, -0.05) is 29.8 Å². The van der Waals surface area contributed by atoms with Crippen LogP contribution in [0.4, 0.5) is 5.69 Å². The third-order valence-electron chi connectivity index (χ3n) is 6.64. The Morgan fingerprint density at radius 3 is 2.42 bits per heavy atom. The number of amides is 2. The lowest BCUT2D eigenvalue weighted by atomic mass is 9.95. The van der Waals surface area contributed by atoms with Crippen LogP contribution in [0.5, 0.6) is 0 Å². The quantitative estimate of drug-likeness (QED) is 0.721.